The van der Waals surface area contributed by atoms with Crippen LogP contribution in [0, 0.1) is 13.8 Å². The first kappa shape index (κ1) is 13.6. The summed E-state index contributed by atoms with van der Waals surface area (Å²) in [5, 5.41) is 9.07. The molecule has 1 aromatic carbocycles. The lowest BCUT2D eigenvalue weighted by Crippen LogP contribution is -2.12. The summed E-state index contributed by atoms with van der Waals surface area (Å²) < 4.78 is 1.83. The Morgan fingerprint density at radius 1 is 1.32 bits per heavy atom. The van der Waals surface area contributed by atoms with Crippen molar-refractivity contribution in [3.63, 3.8) is 0 Å². The van der Waals surface area contributed by atoms with Gasteiger partial charge in [-0.05, 0) is 43.5 Å². The largest absolute Gasteiger partial charge is 0.480 e. The molecule has 0 saturated carbocycles. The third-order valence-electron chi connectivity index (χ3n) is 3.49. The number of hydrogen-bond acceptors (Lipinski definition) is 2. The molecule has 0 bridgehead atoms. The van der Waals surface area contributed by atoms with Crippen molar-refractivity contribution in [2.75, 3.05) is 0 Å². The number of hydrogen-bond donors (Lipinski definition) is 1. The summed E-state index contributed by atoms with van der Waals surface area (Å²) in [7, 11) is 0. The Morgan fingerprint density at radius 2 is 2.00 bits per heavy atom. The summed E-state index contributed by atoms with van der Waals surface area (Å²) in [6.45, 7) is 6.20. The first-order valence-corrected chi connectivity index (χ1v) is 6.71. The number of nitrogens with zero attached hydrogens (tertiary/aromatic N) is 2. The van der Waals surface area contributed by atoms with Crippen molar-refractivity contribution < 1.29 is 9.90 Å². The van der Waals surface area contributed by atoms with E-state index in [1.54, 1.807) is 0 Å². The van der Waals surface area contributed by atoms with Gasteiger partial charge in [0.25, 0.3) is 0 Å². The standard InChI is InChI=1S/C15H20N2O2/c1-4-5-6-14-16-12-7-10(2)11(3)8-13(12)17(14)9-15(18)19/h7-8H,4-6,9H2,1-3H3,(H,18,19). The van der Waals surface area contributed by atoms with Crippen LogP contribution >= 0.6 is 0 Å². The molecule has 1 aromatic heterocycles. The number of aliphatic carboxylic acids is 1. The first-order chi connectivity index (χ1) is 9.02. The average molecular weight is 260 g/mol. The minimum Gasteiger partial charge on any atom is -0.480 e. The molecule has 0 fully saturated rings. The van der Waals surface area contributed by atoms with E-state index in [4.69, 9.17) is 5.11 Å². The van der Waals surface area contributed by atoms with Crippen molar-refractivity contribution in [3.05, 3.63) is 29.1 Å². The number of aromatic nitrogens is 2. The molecule has 0 atom stereocenters. The van der Waals surface area contributed by atoms with E-state index < -0.39 is 5.97 Å². The maximum absolute atomic E-state index is 11.0. The third kappa shape index (κ3) is 2.78. The molecule has 2 rings (SSSR count). The Kier molecular flexibility index (Phi) is 3.88. The minimum absolute atomic E-state index is 0.0158. The van der Waals surface area contributed by atoms with E-state index in [0.29, 0.717) is 0 Å². The summed E-state index contributed by atoms with van der Waals surface area (Å²) in [5.41, 5.74) is 4.18. The average Bonchev–Trinajstić information content (AvgIpc) is 2.65. The van der Waals surface area contributed by atoms with Crippen molar-refractivity contribution in [1.82, 2.24) is 9.55 Å². The van der Waals surface area contributed by atoms with Gasteiger partial charge in [-0.15, -0.1) is 0 Å². The quantitative estimate of drug-likeness (QED) is 0.898. The van der Waals surface area contributed by atoms with Gasteiger partial charge in [-0.1, -0.05) is 13.3 Å². The molecule has 102 valence electrons. The summed E-state index contributed by atoms with van der Waals surface area (Å²) >= 11 is 0. The van der Waals surface area contributed by atoms with E-state index in [1.165, 1.54) is 11.1 Å². The van der Waals surface area contributed by atoms with Gasteiger partial charge < -0.3 is 9.67 Å². The van der Waals surface area contributed by atoms with Crippen molar-refractivity contribution in [3.8, 4) is 0 Å². The van der Waals surface area contributed by atoms with Gasteiger partial charge in [0.1, 0.15) is 12.4 Å². The second-order valence-corrected chi connectivity index (χ2v) is 5.04. The second-order valence-electron chi connectivity index (χ2n) is 5.04. The van der Waals surface area contributed by atoms with Crippen LogP contribution in [0.1, 0.15) is 36.7 Å². The number of carboxylic acid groups (broad SMARTS) is 1. The van der Waals surface area contributed by atoms with E-state index in [9.17, 15) is 4.79 Å². The van der Waals surface area contributed by atoms with Crippen molar-refractivity contribution >= 4 is 17.0 Å². The van der Waals surface area contributed by atoms with Crippen LogP contribution in [0.15, 0.2) is 12.1 Å². The van der Waals surface area contributed by atoms with Crippen molar-refractivity contribution in [2.45, 2.75) is 46.6 Å². The summed E-state index contributed by atoms with van der Waals surface area (Å²) in [5.74, 6) is 0.0551. The van der Waals surface area contributed by atoms with Crippen molar-refractivity contribution in [2.24, 2.45) is 0 Å². The lowest BCUT2D eigenvalue weighted by Gasteiger charge is -2.06. The molecule has 0 spiro atoms. The smallest absolute Gasteiger partial charge is 0.323 e. The van der Waals surface area contributed by atoms with Crippen molar-refractivity contribution in [1.29, 1.82) is 0 Å². The maximum Gasteiger partial charge on any atom is 0.323 e. The van der Waals surface area contributed by atoms with E-state index in [0.717, 1.165) is 36.1 Å². The highest BCUT2D eigenvalue weighted by atomic mass is 16.4. The predicted octanol–water partition coefficient (Wildman–Crippen LogP) is 3.08. The van der Waals surface area contributed by atoms with Crippen LogP contribution in [-0.2, 0) is 17.8 Å². The molecule has 0 saturated heterocycles. The number of fused-ring (bicyclic) bond motifs is 1. The highest BCUT2D eigenvalue weighted by Crippen LogP contribution is 2.21. The first-order valence-electron chi connectivity index (χ1n) is 6.71. The fourth-order valence-corrected chi connectivity index (χ4v) is 2.27. The Morgan fingerprint density at radius 3 is 2.63 bits per heavy atom. The van der Waals surface area contributed by atoms with E-state index in [2.05, 4.69) is 18.8 Å². The molecule has 0 radical (unpaired) electrons. The number of rotatable bonds is 5. The Bertz CT molecular complexity index is 614. The molecule has 0 unspecified atom stereocenters. The molecule has 1 N–H and O–H groups in total. The minimum atomic E-state index is -0.824. The summed E-state index contributed by atoms with van der Waals surface area (Å²) in [4.78, 5) is 15.6. The van der Waals surface area contributed by atoms with Crippen LogP contribution in [-0.4, -0.2) is 20.6 Å². The van der Waals surface area contributed by atoms with Gasteiger partial charge in [-0.2, -0.15) is 0 Å². The molecular formula is C15H20N2O2. The Hall–Kier alpha value is -1.84. The Labute approximate surface area is 113 Å². The zero-order valence-electron chi connectivity index (χ0n) is 11.7. The molecule has 1 heterocycles. The molecule has 19 heavy (non-hydrogen) atoms. The highest BCUT2D eigenvalue weighted by molar-refractivity contribution is 5.80. The SMILES string of the molecule is CCCCc1nc2cc(C)c(C)cc2n1CC(=O)O. The number of carboxylic acids is 1. The number of unbranched alkanes of at least 4 members (excludes halogenated alkanes) is 1. The lowest BCUT2D eigenvalue weighted by atomic mass is 10.1. The number of carbonyl (C=O) groups is 1. The maximum atomic E-state index is 11.0. The molecule has 0 aliphatic rings. The fraction of sp³-hybridized carbons (Fsp3) is 0.467. The van der Waals surface area contributed by atoms with Crippen LogP contribution in [0.3, 0.4) is 0 Å². The fourth-order valence-electron chi connectivity index (χ4n) is 2.27. The summed E-state index contributed by atoms with van der Waals surface area (Å²) in [6, 6.07) is 4.08. The van der Waals surface area contributed by atoms with Crippen LogP contribution in [0.25, 0.3) is 11.0 Å². The predicted molar refractivity (Wildman–Crippen MR) is 75.5 cm³/mol. The normalized spacial score (nSPS) is 11.1. The monoisotopic (exact) mass is 260 g/mol. The molecule has 0 aliphatic heterocycles. The molecule has 2 aromatic rings. The lowest BCUT2D eigenvalue weighted by molar-refractivity contribution is -0.137. The van der Waals surface area contributed by atoms with E-state index in [-0.39, 0.29) is 6.54 Å². The molecule has 4 nitrogen and oxygen atoms in total. The second kappa shape index (κ2) is 5.43. The van der Waals surface area contributed by atoms with Crippen LogP contribution in [0.2, 0.25) is 0 Å². The molecular weight excluding hydrogens is 240 g/mol. The van der Waals surface area contributed by atoms with E-state index in [1.807, 2.05) is 23.6 Å². The number of aryl methyl sites for hydroxylation is 3. The molecule has 0 aliphatic carbocycles. The van der Waals surface area contributed by atoms with Gasteiger partial charge in [-0.25, -0.2) is 4.98 Å². The van der Waals surface area contributed by atoms with Crippen LogP contribution in [0.4, 0.5) is 0 Å². The Balaban J connectivity index is 2.55. The molecule has 4 heteroatoms. The number of benzene rings is 1. The van der Waals surface area contributed by atoms with Gasteiger partial charge in [0.05, 0.1) is 11.0 Å². The van der Waals surface area contributed by atoms with Gasteiger partial charge in [-0.3, -0.25) is 4.79 Å². The van der Waals surface area contributed by atoms with E-state index >= 15 is 0 Å². The summed E-state index contributed by atoms with van der Waals surface area (Å²) in [6.07, 6.45) is 2.94. The van der Waals surface area contributed by atoms with Crippen LogP contribution < -0.4 is 0 Å². The van der Waals surface area contributed by atoms with Gasteiger partial charge in [0.2, 0.25) is 0 Å². The van der Waals surface area contributed by atoms with Gasteiger partial charge >= 0.3 is 5.97 Å². The van der Waals surface area contributed by atoms with Gasteiger partial charge in [0.15, 0.2) is 0 Å². The zero-order valence-corrected chi connectivity index (χ0v) is 11.7. The van der Waals surface area contributed by atoms with Gasteiger partial charge in [0, 0.05) is 6.42 Å². The topological polar surface area (TPSA) is 55.1 Å². The highest BCUT2D eigenvalue weighted by Gasteiger charge is 2.13. The molecule has 0 amide bonds. The van der Waals surface area contributed by atoms with Crippen LogP contribution in [0.5, 0.6) is 0 Å². The zero-order chi connectivity index (χ0) is 14.0. The third-order valence-corrected chi connectivity index (χ3v) is 3.49. The number of imidazole rings is 1.